The van der Waals surface area contributed by atoms with Crippen LogP contribution in [0.5, 0.6) is 11.5 Å². The van der Waals surface area contributed by atoms with Gasteiger partial charge in [-0.15, -0.1) is 0 Å². The Balaban J connectivity index is 2.85. The predicted molar refractivity (Wildman–Crippen MR) is 65.1 cm³/mol. The van der Waals surface area contributed by atoms with Gasteiger partial charge in [0.25, 0.3) is 0 Å². The Morgan fingerprint density at radius 1 is 1.10 bits per heavy atom. The van der Waals surface area contributed by atoms with Gasteiger partial charge in [-0.2, -0.15) is 13.2 Å². The van der Waals surface area contributed by atoms with Crippen LogP contribution in [0.15, 0.2) is 18.2 Å². The number of hydrogen-bond donors (Lipinski definition) is 0. The van der Waals surface area contributed by atoms with Crippen molar-refractivity contribution in [2.24, 2.45) is 0 Å². The fourth-order valence-electron chi connectivity index (χ4n) is 1.41. The molecular weight excluding hydrogens is 277 g/mol. The van der Waals surface area contributed by atoms with E-state index < -0.39 is 18.8 Å². The molecule has 0 spiro atoms. The molecule has 0 N–H and O–H groups in total. The highest BCUT2D eigenvalue weighted by Gasteiger charge is 2.30. The standard InChI is InChI=1S/C13H15F3O4/c1-3-18-10-6-5-9(7-11(10)19-4-2)12(17)20-8-13(14,15)16/h5-7H,3-4,8H2,1-2H3. The van der Waals surface area contributed by atoms with Crippen molar-refractivity contribution in [3.63, 3.8) is 0 Å². The molecular formula is C13H15F3O4. The van der Waals surface area contributed by atoms with Crippen LogP contribution in [0.4, 0.5) is 13.2 Å². The van der Waals surface area contributed by atoms with Crippen LogP contribution >= 0.6 is 0 Å². The Labute approximate surface area is 114 Å². The van der Waals surface area contributed by atoms with E-state index in [1.54, 1.807) is 13.8 Å². The topological polar surface area (TPSA) is 44.8 Å². The Morgan fingerprint density at radius 2 is 1.70 bits per heavy atom. The van der Waals surface area contributed by atoms with Gasteiger partial charge in [0.1, 0.15) is 0 Å². The van der Waals surface area contributed by atoms with Gasteiger partial charge in [0.15, 0.2) is 18.1 Å². The number of esters is 1. The maximum absolute atomic E-state index is 12.0. The van der Waals surface area contributed by atoms with Crippen LogP contribution in [-0.2, 0) is 4.74 Å². The molecule has 0 aliphatic carbocycles. The lowest BCUT2D eigenvalue weighted by Gasteiger charge is -2.12. The lowest BCUT2D eigenvalue weighted by molar-refractivity contribution is -0.161. The molecule has 1 aromatic carbocycles. The number of alkyl halides is 3. The van der Waals surface area contributed by atoms with Crippen molar-refractivity contribution in [1.82, 2.24) is 0 Å². The van der Waals surface area contributed by atoms with Crippen LogP contribution in [0.3, 0.4) is 0 Å². The summed E-state index contributed by atoms with van der Waals surface area (Å²) in [6.07, 6.45) is -4.55. The van der Waals surface area contributed by atoms with Gasteiger partial charge in [0.2, 0.25) is 0 Å². The van der Waals surface area contributed by atoms with Crippen molar-refractivity contribution in [2.75, 3.05) is 19.8 Å². The fourth-order valence-corrected chi connectivity index (χ4v) is 1.41. The van der Waals surface area contributed by atoms with E-state index in [1.165, 1.54) is 18.2 Å². The first-order valence-electron chi connectivity index (χ1n) is 6.01. The van der Waals surface area contributed by atoms with E-state index in [1.807, 2.05) is 0 Å². The summed E-state index contributed by atoms with van der Waals surface area (Å²) in [6.45, 7) is 2.63. The van der Waals surface area contributed by atoms with Crippen LogP contribution in [0.1, 0.15) is 24.2 Å². The third kappa shape index (κ3) is 4.99. The van der Waals surface area contributed by atoms with Crippen molar-refractivity contribution in [2.45, 2.75) is 20.0 Å². The first-order chi connectivity index (χ1) is 9.37. The van der Waals surface area contributed by atoms with Crippen molar-refractivity contribution >= 4 is 5.97 Å². The smallest absolute Gasteiger partial charge is 0.422 e. The second-order valence-corrected chi connectivity index (χ2v) is 3.72. The minimum Gasteiger partial charge on any atom is -0.490 e. The Bertz CT molecular complexity index is 457. The van der Waals surface area contributed by atoms with Gasteiger partial charge in [0.05, 0.1) is 18.8 Å². The maximum Gasteiger partial charge on any atom is 0.422 e. The highest BCUT2D eigenvalue weighted by molar-refractivity contribution is 5.90. The summed E-state index contributed by atoms with van der Waals surface area (Å²) in [5, 5.41) is 0. The molecule has 0 aromatic heterocycles. The van der Waals surface area contributed by atoms with E-state index in [4.69, 9.17) is 9.47 Å². The number of rotatable bonds is 6. The van der Waals surface area contributed by atoms with Gasteiger partial charge in [-0.1, -0.05) is 0 Å². The summed E-state index contributed by atoms with van der Waals surface area (Å²) in [4.78, 5) is 11.5. The molecule has 0 aliphatic heterocycles. The number of ether oxygens (including phenoxy) is 3. The Morgan fingerprint density at radius 3 is 2.25 bits per heavy atom. The average molecular weight is 292 g/mol. The number of carbonyl (C=O) groups is 1. The normalized spacial score (nSPS) is 11.1. The highest BCUT2D eigenvalue weighted by Crippen LogP contribution is 2.29. The van der Waals surface area contributed by atoms with E-state index >= 15 is 0 Å². The van der Waals surface area contributed by atoms with E-state index in [0.29, 0.717) is 19.0 Å². The van der Waals surface area contributed by atoms with Crippen LogP contribution in [-0.4, -0.2) is 32.0 Å². The molecule has 0 saturated carbocycles. The second-order valence-electron chi connectivity index (χ2n) is 3.72. The summed E-state index contributed by atoms with van der Waals surface area (Å²) < 4.78 is 50.6. The molecule has 0 fully saturated rings. The van der Waals surface area contributed by atoms with Crippen molar-refractivity contribution < 1.29 is 32.2 Å². The van der Waals surface area contributed by atoms with Crippen LogP contribution < -0.4 is 9.47 Å². The summed E-state index contributed by atoms with van der Waals surface area (Å²) >= 11 is 0. The molecule has 0 aliphatic rings. The molecule has 4 nitrogen and oxygen atoms in total. The molecule has 7 heteroatoms. The summed E-state index contributed by atoms with van der Waals surface area (Å²) in [7, 11) is 0. The molecule has 0 saturated heterocycles. The second kappa shape index (κ2) is 7.02. The Kier molecular flexibility index (Phi) is 5.66. The zero-order valence-corrected chi connectivity index (χ0v) is 11.1. The third-order valence-electron chi connectivity index (χ3n) is 2.15. The van der Waals surface area contributed by atoms with E-state index in [2.05, 4.69) is 4.74 Å². The summed E-state index contributed by atoms with van der Waals surface area (Å²) in [5.41, 5.74) is -0.0267. The third-order valence-corrected chi connectivity index (χ3v) is 2.15. The van der Waals surface area contributed by atoms with E-state index in [-0.39, 0.29) is 11.3 Å². The quantitative estimate of drug-likeness (QED) is 0.755. The number of benzene rings is 1. The van der Waals surface area contributed by atoms with Crippen LogP contribution in [0.2, 0.25) is 0 Å². The molecule has 0 heterocycles. The predicted octanol–water partition coefficient (Wildman–Crippen LogP) is 3.20. The zero-order chi connectivity index (χ0) is 15.2. The van der Waals surface area contributed by atoms with Crippen molar-refractivity contribution in [1.29, 1.82) is 0 Å². The molecule has 20 heavy (non-hydrogen) atoms. The first-order valence-corrected chi connectivity index (χ1v) is 6.01. The van der Waals surface area contributed by atoms with Crippen LogP contribution in [0, 0.1) is 0 Å². The molecule has 1 rings (SSSR count). The summed E-state index contributed by atoms with van der Waals surface area (Å²) in [5.74, 6) is -0.358. The molecule has 0 radical (unpaired) electrons. The van der Waals surface area contributed by atoms with Gasteiger partial charge in [-0.3, -0.25) is 0 Å². The monoisotopic (exact) mass is 292 g/mol. The van der Waals surface area contributed by atoms with Crippen LogP contribution in [0.25, 0.3) is 0 Å². The molecule has 112 valence electrons. The van der Waals surface area contributed by atoms with Gasteiger partial charge in [-0.25, -0.2) is 4.79 Å². The van der Waals surface area contributed by atoms with Crippen molar-refractivity contribution in [3.05, 3.63) is 23.8 Å². The lowest BCUT2D eigenvalue weighted by Crippen LogP contribution is -2.20. The highest BCUT2D eigenvalue weighted by atomic mass is 19.4. The van der Waals surface area contributed by atoms with Gasteiger partial charge in [0, 0.05) is 0 Å². The van der Waals surface area contributed by atoms with Gasteiger partial charge < -0.3 is 14.2 Å². The lowest BCUT2D eigenvalue weighted by atomic mass is 10.2. The Hall–Kier alpha value is -1.92. The van der Waals surface area contributed by atoms with Crippen molar-refractivity contribution in [3.8, 4) is 11.5 Å². The molecule has 0 unspecified atom stereocenters. The molecule has 0 bridgehead atoms. The van der Waals surface area contributed by atoms with Gasteiger partial charge in [-0.05, 0) is 32.0 Å². The number of hydrogen-bond acceptors (Lipinski definition) is 4. The first kappa shape index (κ1) is 16.1. The number of carbonyl (C=O) groups excluding carboxylic acids is 1. The maximum atomic E-state index is 12.0. The minimum absolute atomic E-state index is 0.0267. The SMILES string of the molecule is CCOc1ccc(C(=O)OCC(F)(F)F)cc1OCC. The largest absolute Gasteiger partial charge is 0.490 e. The summed E-state index contributed by atoms with van der Waals surface area (Å²) in [6, 6.07) is 4.08. The number of halogens is 3. The minimum atomic E-state index is -4.55. The molecule has 1 aromatic rings. The fraction of sp³-hybridized carbons (Fsp3) is 0.462. The molecule has 0 amide bonds. The average Bonchev–Trinajstić information content (AvgIpc) is 2.37. The molecule has 0 atom stereocenters. The van der Waals surface area contributed by atoms with Gasteiger partial charge >= 0.3 is 12.1 Å². The van der Waals surface area contributed by atoms with E-state index in [9.17, 15) is 18.0 Å². The zero-order valence-electron chi connectivity index (χ0n) is 11.1. The van der Waals surface area contributed by atoms with E-state index in [0.717, 1.165) is 0 Å².